The predicted octanol–water partition coefficient (Wildman–Crippen LogP) is 1.12. The molecule has 0 amide bonds. The fourth-order valence-electron chi connectivity index (χ4n) is 3.34. The molecule has 0 heterocycles. The van der Waals surface area contributed by atoms with Crippen LogP contribution in [0.1, 0.15) is 13.8 Å². The first-order valence-corrected chi connectivity index (χ1v) is 6.41. The third kappa shape index (κ3) is 1.93. The average molecular weight is 325 g/mol. The summed E-state index contributed by atoms with van der Waals surface area (Å²) < 4.78 is 9.22. The van der Waals surface area contributed by atoms with Crippen LogP contribution in [0.15, 0.2) is 0 Å². The molecule has 0 saturated heterocycles. The van der Waals surface area contributed by atoms with Crippen molar-refractivity contribution in [3.63, 3.8) is 0 Å². The van der Waals surface area contributed by atoms with Crippen molar-refractivity contribution in [2.75, 3.05) is 14.2 Å². The molecule has 0 N–H and O–H groups in total. The Morgan fingerprint density at radius 2 is 1.05 bits per heavy atom. The number of carbonyl (C=O) groups excluding carboxylic acids is 4. The fraction of sp³-hybridized carbons (Fsp3) is 0.667. The molecule has 6 nitrogen and oxygen atoms in total. The second kappa shape index (κ2) is 5.33. The van der Waals surface area contributed by atoms with E-state index in [0.29, 0.717) is 0 Å². The zero-order chi connectivity index (χ0) is 15.9. The molecule has 0 radical (unpaired) electrons. The maximum absolute atomic E-state index is 11.9. The Bertz CT molecular complexity index is 434. The number of halogens is 2. The number of esters is 2. The molecule has 1 aliphatic carbocycles. The molecule has 0 atom stereocenters. The number of methoxy groups -OCH3 is 2. The summed E-state index contributed by atoms with van der Waals surface area (Å²) in [6, 6.07) is 0. The lowest BCUT2D eigenvalue weighted by Gasteiger charge is -2.59. The highest BCUT2D eigenvalue weighted by Crippen LogP contribution is 2.66. The Morgan fingerprint density at radius 1 is 0.800 bits per heavy atom. The minimum absolute atomic E-state index is 0.836. The van der Waals surface area contributed by atoms with Gasteiger partial charge in [-0.1, -0.05) is 0 Å². The first-order chi connectivity index (χ1) is 9.09. The van der Waals surface area contributed by atoms with Gasteiger partial charge in [0.1, 0.15) is 0 Å². The molecule has 0 aromatic carbocycles. The van der Waals surface area contributed by atoms with E-state index in [-0.39, 0.29) is 0 Å². The topological polar surface area (TPSA) is 86.7 Å². The summed E-state index contributed by atoms with van der Waals surface area (Å²) in [5.74, 6) is -4.19. The van der Waals surface area contributed by atoms with Gasteiger partial charge in [-0.25, -0.2) is 0 Å². The Kier molecular flexibility index (Phi) is 4.51. The van der Waals surface area contributed by atoms with Crippen molar-refractivity contribution in [1.29, 1.82) is 0 Å². The highest BCUT2D eigenvalue weighted by atomic mass is 35.5. The first-order valence-electron chi connectivity index (χ1n) is 5.65. The summed E-state index contributed by atoms with van der Waals surface area (Å²) in [7, 11) is 2.21. The van der Waals surface area contributed by atoms with Crippen LogP contribution in [0.2, 0.25) is 0 Å². The van der Waals surface area contributed by atoms with Crippen LogP contribution < -0.4 is 0 Å². The summed E-state index contributed by atoms with van der Waals surface area (Å²) in [5, 5.41) is -1.86. The fourth-order valence-corrected chi connectivity index (χ4v) is 4.24. The van der Waals surface area contributed by atoms with Gasteiger partial charge in [0.15, 0.2) is 0 Å². The molecular weight excluding hydrogens is 311 g/mol. The van der Waals surface area contributed by atoms with Crippen molar-refractivity contribution in [3.05, 3.63) is 0 Å². The standard InChI is InChI=1S/C12H14Cl2O6/c1-11(9(17)19-3)5(7(13)15)12(2,10(18)20-4)6(11)8(14)16/h5-6H,1-4H3. The minimum Gasteiger partial charge on any atom is -0.469 e. The quantitative estimate of drug-likeness (QED) is 0.569. The van der Waals surface area contributed by atoms with Crippen molar-refractivity contribution < 1.29 is 28.7 Å². The zero-order valence-electron chi connectivity index (χ0n) is 11.4. The molecule has 1 saturated carbocycles. The Morgan fingerprint density at radius 3 is 1.20 bits per heavy atom. The van der Waals surface area contributed by atoms with Gasteiger partial charge in [-0.2, -0.15) is 0 Å². The van der Waals surface area contributed by atoms with Crippen LogP contribution in [0, 0.1) is 22.7 Å². The van der Waals surface area contributed by atoms with E-state index in [1.807, 2.05) is 0 Å². The van der Waals surface area contributed by atoms with Crippen molar-refractivity contribution in [1.82, 2.24) is 0 Å². The number of hydrogen-bond acceptors (Lipinski definition) is 6. The van der Waals surface area contributed by atoms with E-state index >= 15 is 0 Å². The third-order valence-electron chi connectivity index (χ3n) is 4.10. The van der Waals surface area contributed by atoms with E-state index in [0.717, 1.165) is 14.2 Å². The van der Waals surface area contributed by atoms with E-state index in [9.17, 15) is 19.2 Å². The molecule has 1 aliphatic rings. The van der Waals surface area contributed by atoms with Gasteiger partial charge in [-0.05, 0) is 37.0 Å². The van der Waals surface area contributed by atoms with Crippen LogP contribution in [0.3, 0.4) is 0 Å². The molecule has 0 bridgehead atoms. The third-order valence-corrected chi connectivity index (χ3v) is 4.54. The number of ether oxygens (including phenoxy) is 2. The Balaban J connectivity index is 3.48. The highest BCUT2D eigenvalue weighted by Gasteiger charge is 2.78. The van der Waals surface area contributed by atoms with Crippen LogP contribution in [-0.4, -0.2) is 36.6 Å². The van der Waals surface area contributed by atoms with Crippen molar-refractivity contribution in [3.8, 4) is 0 Å². The normalized spacial score (nSPS) is 35.7. The van der Waals surface area contributed by atoms with Crippen LogP contribution >= 0.6 is 23.2 Å². The van der Waals surface area contributed by atoms with E-state index in [4.69, 9.17) is 23.2 Å². The summed E-state index contributed by atoms with van der Waals surface area (Å²) in [5.41, 5.74) is -3.20. The molecule has 0 unspecified atom stereocenters. The van der Waals surface area contributed by atoms with Gasteiger partial charge in [-0.3, -0.25) is 19.2 Å². The monoisotopic (exact) mass is 324 g/mol. The molecular formula is C12H14Cl2O6. The maximum atomic E-state index is 11.9. The molecule has 0 aromatic rings. The van der Waals surface area contributed by atoms with Crippen molar-refractivity contribution >= 4 is 45.6 Å². The molecule has 0 aromatic heterocycles. The van der Waals surface area contributed by atoms with Gasteiger partial charge in [0, 0.05) is 0 Å². The lowest BCUT2D eigenvalue weighted by atomic mass is 9.40. The van der Waals surface area contributed by atoms with Gasteiger partial charge < -0.3 is 9.47 Å². The summed E-state index contributed by atoms with van der Waals surface area (Å²) in [6.45, 7) is 2.64. The number of carbonyl (C=O) groups is 4. The second-order valence-electron chi connectivity index (χ2n) is 5.02. The van der Waals surface area contributed by atoms with Gasteiger partial charge in [0.25, 0.3) is 0 Å². The molecule has 8 heteroatoms. The van der Waals surface area contributed by atoms with Crippen molar-refractivity contribution in [2.24, 2.45) is 22.7 Å². The van der Waals surface area contributed by atoms with E-state index in [1.54, 1.807) is 0 Å². The average Bonchev–Trinajstić information content (AvgIpc) is 2.34. The number of rotatable bonds is 4. The first kappa shape index (κ1) is 16.9. The summed E-state index contributed by atoms with van der Waals surface area (Å²) in [4.78, 5) is 47.2. The van der Waals surface area contributed by atoms with Gasteiger partial charge in [-0.15, -0.1) is 0 Å². The second-order valence-corrected chi connectivity index (χ2v) is 5.77. The van der Waals surface area contributed by atoms with E-state index in [2.05, 4.69) is 9.47 Å². The van der Waals surface area contributed by atoms with Crippen LogP contribution in [0.5, 0.6) is 0 Å². The molecule has 20 heavy (non-hydrogen) atoms. The van der Waals surface area contributed by atoms with Gasteiger partial charge >= 0.3 is 11.9 Å². The van der Waals surface area contributed by atoms with Crippen LogP contribution in [0.4, 0.5) is 0 Å². The predicted molar refractivity (Wildman–Crippen MR) is 68.9 cm³/mol. The smallest absolute Gasteiger partial charge is 0.313 e. The SMILES string of the molecule is COC(=O)C1(C)C(C(=O)Cl)C(C)(C(=O)OC)C1C(=O)Cl. The lowest BCUT2D eigenvalue weighted by Crippen LogP contribution is -2.72. The zero-order valence-corrected chi connectivity index (χ0v) is 12.9. The van der Waals surface area contributed by atoms with Crippen molar-refractivity contribution in [2.45, 2.75) is 13.8 Å². The lowest BCUT2D eigenvalue weighted by molar-refractivity contribution is -0.216. The van der Waals surface area contributed by atoms with E-state index in [1.165, 1.54) is 13.8 Å². The summed E-state index contributed by atoms with van der Waals surface area (Å²) >= 11 is 11.0. The minimum atomic E-state index is -1.60. The molecule has 1 fully saturated rings. The molecule has 0 aliphatic heterocycles. The Labute approximate surface area is 125 Å². The molecule has 1 rings (SSSR count). The maximum Gasteiger partial charge on any atom is 0.313 e. The van der Waals surface area contributed by atoms with Crippen LogP contribution in [-0.2, 0) is 28.7 Å². The molecule has 0 spiro atoms. The Hall–Kier alpha value is -1.14. The molecule has 112 valence electrons. The van der Waals surface area contributed by atoms with Gasteiger partial charge in [0.2, 0.25) is 10.5 Å². The highest BCUT2D eigenvalue weighted by molar-refractivity contribution is 6.66. The number of hydrogen-bond donors (Lipinski definition) is 0. The van der Waals surface area contributed by atoms with Crippen LogP contribution in [0.25, 0.3) is 0 Å². The largest absolute Gasteiger partial charge is 0.469 e. The van der Waals surface area contributed by atoms with Gasteiger partial charge in [0.05, 0.1) is 36.9 Å². The van der Waals surface area contributed by atoms with E-state index < -0.39 is 45.1 Å². The summed E-state index contributed by atoms with van der Waals surface area (Å²) in [6.07, 6.45) is 0.